The highest BCUT2D eigenvalue weighted by atomic mass is 32.2. The zero-order chi connectivity index (χ0) is 23.3. The molecular formula is C19H21FN6O5S. The van der Waals surface area contributed by atoms with Crippen molar-refractivity contribution >= 4 is 39.0 Å². The van der Waals surface area contributed by atoms with Crippen LogP contribution in [0.5, 0.6) is 17.2 Å². The van der Waals surface area contributed by atoms with Crippen LogP contribution in [0.2, 0.25) is 0 Å². The van der Waals surface area contributed by atoms with E-state index >= 15 is 0 Å². The fraction of sp³-hybridized carbons (Fsp3) is 0.158. The molecule has 13 heteroatoms. The molecule has 0 aliphatic carbocycles. The molecule has 5 N–H and O–H groups in total. The number of anilines is 5. The van der Waals surface area contributed by atoms with Gasteiger partial charge in [0.2, 0.25) is 11.7 Å². The Morgan fingerprint density at radius 1 is 0.906 bits per heavy atom. The molecule has 2 aromatic carbocycles. The molecule has 32 heavy (non-hydrogen) atoms. The van der Waals surface area contributed by atoms with E-state index in [9.17, 15) is 12.8 Å². The molecule has 170 valence electrons. The standard InChI is InChI=1S/C19H21FN6O5S/c1-29-15-8-13(9-16(30-2)17(15)31-3)24-19-22-10-14(20)18(25-19)23-11-4-6-12(7-5-11)26-32(21,27)28/h4-10,26H,1-3H3,(H2,21,27,28)(H2,22,23,24,25). The predicted molar refractivity (Wildman–Crippen MR) is 118 cm³/mol. The summed E-state index contributed by atoms with van der Waals surface area (Å²) in [6.07, 6.45) is 1.01. The number of nitrogens with one attached hydrogen (secondary N) is 3. The molecule has 0 saturated heterocycles. The number of halogens is 1. The van der Waals surface area contributed by atoms with Crippen LogP contribution in [0.1, 0.15) is 0 Å². The Labute approximate surface area is 183 Å². The average Bonchev–Trinajstić information content (AvgIpc) is 2.75. The van der Waals surface area contributed by atoms with Crippen LogP contribution in [0, 0.1) is 5.82 Å². The van der Waals surface area contributed by atoms with Crippen molar-refractivity contribution in [2.45, 2.75) is 0 Å². The maximum Gasteiger partial charge on any atom is 0.296 e. The molecule has 0 aliphatic rings. The molecule has 0 bridgehead atoms. The van der Waals surface area contributed by atoms with E-state index in [0.717, 1.165) is 6.20 Å². The number of hydrogen-bond acceptors (Lipinski definition) is 9. The number of nitrogens with two attached hydrogens (primary N) is 1. The van der Waals surface area contributed by atoms with Gasteiger partial charge < -0.3 is 24.8 Å². The number of hydrogen-bond donors (Lipinski definition) is 4. The number of methoxy groups -OCH3 is 3. The quantitative estimate of drug-likeness (QED) is 0.375. The lowest BCUT2D eigenvalue weighted by atomic mass is 10.2. The van der Waals surface area contributed by atoms with Gasteiger partial charge >= 0.3 is 0 Å². The maximum absolute atomic E-state index is 14.3. The minimum atomic E-state index is -3.89. The molecule has 0 fully saturated rings. The smallest absolute Gasteiger partial charge is 0.296 e. The number of ether oxygens (including phenoxy) is 3. The molecule has 0 aliphatic heterocycles. The van der Waals surface area contributed by atoms with Crippen LogP contribution in [-0.2, 0) is 10.2 Å². The Bertz CT molecular complexity index is 1180. The molecule has 0 atom stereocenters. The highest BCUT2D eigenvalue weighted by Crippen LogP contribution is 2.40. The first-order chi connectivity index (χ1) is 15.2. The maximum atomic E-state index is 14.3. The Kier molecular flexibility index (Phi) is 6.80. The van der Waals surface area contributed by atoms with Crippen LogP contribution in [0.4, 0.5) is 33.2 Å². The molecule has 11 nitrogen and oxygen atoms in total. The Hall–Kier alpha value is -3.84. The molecular weight excluding hydrogens is 443 g/mol. The Balaban J connectivity index is 1.82. The van der Waals surface area contributed by atoms with Gasteiger partial charge in [0.05, 0.1) is 27.5 Å². The van der Waals surface area contributed by atoms with Crippen molar-refractivity contribution in [1.29, 1.82) is 0 Å². The Morgan fingerprint density at radius 2 is 1.50 bits per heavy atom. The lowest BCUT2D eigenvalue weighted by molar-refractivity contribution is 0.324. The minimum Gasteiger partial charge on any atom is -0.493 e. The number of rotatable bonds is 9. The molecule has 3 rings (SSSR count). The van der Waals surface area contributed by atoms with E-state index in [1.165, 1.54) is 45.6 Å². The lowest BCUT2D eigenvalue weighted by Crippen LogP contribution is -2.21. The van der Waals surface area contributed by atoms with Crippen LogP contribution in [0.3, 0.4) is 0 Å². The van der Waals surface area contributed by atoms with Crippen molar-refractivity contribution in [3.63, 3.8) is 0 Å². The summed E-state index contributed by atoms with van der Waals surface area (Å²) in [6.45, 7) is 0. The largest absolute Gasteiger partial charge is 0.493 e. The third-order valence-electron chi connectivity index (χ3n) is 4.07. The fourth-order valence-corrected chi connectivity index (χ4v) is 3.18. The highest BCUT2D eigenvalue weighted by molar-refractivity contribution is 7.90. The first-order valence-corrected chi connectivity index (χ1v) is 10.5. The van der Waals surface area contributed by atoms with Crippen LogP contribution < -0.4 is 34.7 Å². The lowest BCUT2D eigenvalue weighted by Gasteiger charge is -2.15. The summed E-state index contributed by atoms with van der Waals surface area (Å²) in [5.74, 6) is 0.583. The average molecular weight is 464 g/mol. The first kappa shape index (κ1) is 22.8. The van der Waals surface area contributed by atoms with Gasteiger partial charge in [0.15, 0.2) is 23.1 Å². The van der Waals surface area contributed by atoms with Crippen LogP contribution >= 0.6 is 0 Å². The van der Waals surface area contributed by atoms with Crippen LogP contribution in [0.15, 0.2) is 42.6 Å². The van der Waals surface area contributed by atoms with E-state index in [4.69, 9.17) is 19.3 Å². The van der Waals surface area contributed by atoms with Crippen molar-refractivity contribution in [3.05, 3.63) is 48.4 Å². The molecule has 0 spiro atoms. The minimum absolute atomic E-state index is 0.0953. The highest BCUT2D eigenvalue weighted by Gasteiger charge is 2.15. The SMILES string of the molecule is COc1cc(Nc2ncc(F)c(Nc3ccc(NS(N)(=O)=O)cc3)n2)cc(OC)c1OC. The molecule has 0 saturated carbocycles. The van der Waals surface area contributed by atoms with Gasteiger partial charge in [0.25, 0.3) is 10.2 Å². The van der Waals surface area contributed by atoms with Crippen LogP contribution in [0.25, 0.3) is 0 Å². The summed E-state index contributed by atoms with van der Waals surface area (Å²) in [5.41, 5.74) is 1.24. The molecule has 3 aromatic rings. The summed E-state index contributed by atoms with van der Waals surface area (Å²) in [7, 11) is 0.576. The fourth-order valence-electron chi connectivity index (χ4n) is 2.72. The van der Waals surface area contributed by atoms with E-state index in [1.54, 1.807) is 12.1 Å². The van der Waals surface area contributed by atoms with Gasteiger partial charge in [-0.1, -0.05) is 0 Å². The van der Waals surface area contributed by atoms with E-state index in [2.05, 4.69) is 25.3 Å². The van der Waals surface area contributed by atoms with Gasteiger partial charge in [0.1, 0.15) is 0 Å². The molecule has 0 radical (unpaired) electrons. The van der Waals surface area contributed by atoms with Crippen molar-refractivity contribution in [3.8, 4) is 17.2 Å². The van der Waals surface area contributed by atoms with Crippen molar-refractivity contribution in [2.75, 3.05) is 36.7 Å². The molecule has 1 aromatic heterocycles. The first-order valence-electron chi connectivity index (χ1n) is 8.99. The molecule has 1 heterocycles. The predicted octanol–water partition coefficient (Wildman–Crippen LogP) is 2.74. The summed E-state index contributed by atoms with van der Waals surface area (Å²) in [6, 6.07) is 9.28. The number of benzene rings is 2. The second-order valence-corrected chi connectivity index (χ2v) is 7.57. The second kappa shape index (κ2) is 9.53. The van der Waals surface area contributed by atoms with Gasteiger partial charge in [-0.05, 0) is 24.3 Å². The van der Waals surface area contributed by atoms with Gasteiger partial charge in [-0.2, -0.15) is 13.4 Å². The van der Waals surface area contributed by atoms with E-state index in [-0.39, 0.29) is 17.5 Å². The monoisotopic (exact) mass is 464 g/mol. The van der Waals surface area contributed by atoms with Gasteiger partial charge in [-0.15, -0.1) is 0 Å². The van der Waals surface area contributed by atoms with E-state index in [1.807, 2.05) is 0 Å². The third kappa shape index (κ3) is 5.65. The summed E-state index contributed by atoms with van der Waals surface area (Å²) in [5, 5.41) is 10.7. The van der Waals surface area contributed by atoms with E-state index in [0.29, 0.717) is 28.6 Å². The zero-order valence-electron chi connectivity index (χ0n) is 17.3. The summed E-state index contributed by atoms with van der Waals surface area (Å²) < 4.78 is 54.4. The second-order valence-electron chi connectivity index (χ2n) is 6.28. The van der Waals surface area contributed by atoms with Gasteiger partial charge in [-0.25, -0.2) is 14.5 Å². The normalized spacial score (nSPS) is 10.9. The summed E-state index contributed by atoms with van der Waals surface area (Å²) >= 11 is 0. The van der Waals surface area contributed by atoms with Crippen molar-refractivity contribution < 1.29 is 27.0 Å². The van der Waals surface area contributed by atoms with Crippen molar-refractivity contribution in [2.24, 2.45) is 5.14 Å². The van der Waals surface area contributed by atoms with Crippen molar-refractivity contribution in [1.82, 2.24) is 9.97 Å². The van der Waals surface area contributed by atoms with Gasteiger partial charge in [0, 0.05) is 29.2 Å². The molecule has 0 unspecified atom stereocenters. The Morgan fingerprint density at radius 3 is 2.03 bits per heavy atom. The topological polar surface area (TPSA) is 150 Å². The third-order valence-corrected chi connectivity index (χ3v) is 4.59. The number of nitrogens with zero attached hydrogens (tertiary/aromatic N) is 2. The van der Waals surface area contributed by atoms with Gasteiger partial charge in [-0.3, -0.25) is 4.72 Å². The summed E-state index contributed by atoms with van der Waals surface area (Å²) in [4.78, 5) is 8.09. The zero-order valence-corrected chi connectivity index (χ0v) is 18.2. The molecule has 0 amide bonds. The van der Waals surface area contributed by atoms with E-state index < -0.39 is 16.0 Å². The van der Waals surface area contributed by atoms with Crippen LogP contribution in [-0.4, -0.2) is 39.7 Å². The number of aromatic nitrogens is 2.